The van der Waals surface area contributed by atoms with Crippen molar-refractivity contribution >= 4 is 21.0 Å². The molecule has 0 N–H and O–H groups in total. The van der Waals surface area contributed by atoms with Gasteiger partial charge in [-0.15, -0.1) is 0 Å². The maximum Gasteiger partial charge on any atom is 0.309 e. The second kappa shape index (κ2) is 12.0. The molecule has 0 aliphatic heterocycles. The van der Waals surface area contributed by atoms with Gasteiger partial charge in [-0.3, -0.25) is 0 Å². The Hall–Kier alpha value is -2.24. The van der Waals surface area contributed by atoms with Crippen molar-refractivity contribution in [3.63, 3.8) is 0 Å². The van der Waals surface area contributed by atoms with E-state index in [0.717, 1.165) is 17.7 Å². The average Bonchev–Trinajstić information content (AvgIpc) is 2.79. The summed E-state index contributed by atoms with van der Waals surface area (Å²) in [7, 11) is -3.82. The fourth-order valence-electron chi connectivity index (χ4n) is 3.40. The van der Waals surface area contributed by atoms with Gasteiger partial charge >= 0.3 is 10.1 Å². The van der Waals surface area contributed by atoms with Crippen LogP contribution in [0.15, 0.2) is 99.6 Å². The third-order valence-electron chi connectivity index (χ3n) is 4.99. The van der Waals surface area contributed by atoms with Gasteiger partial charge in [0.25, 0.3) is 0 Å². The molecule has 0 fully saturated rings. The highest BCUT2D eigenvalue weighted by molar-refractivity contribution is 7.97. The number of benzene rings is 3. The first-order valence-electron chi connectivity index (χ1n) is 11.0. The molecule has 3 aromatic rings. The molecule has 0 radical (unpaired) electrons. The second-order valence-electron chi connectivity index (χ2n) is 7.52. The maximum absolute atomic E-state index is 12.3. The SMILES string of the molecule is CCCCCCCCS(=O)(=O)Oc1ccc([S+](c2ccccc2)c2ccccc2)cc1. The highest BCUT2D eigenvalue weighted by atomic mass is 32.2. The lowest BCUT2D eigenvalue weighted by Gasteiger charge is -2.10. The zero-order chi connectivity index (χ0) is 21.9. The molecule has 31 heavy (non-hydrogen) atoms. The van der Waals surface area contributed by atoms with Crippen molar-refractivity contribution in [2.45, 2.75) is 60.1 Å². The van der Waals surface area contributed by atoms with Crippen LogP contribution in [0.5, 0.6) is 5.75 Å². The average molecular weight is 456 g/mol. The molecular weight excluding hydrogens is 424 g/mol. The second-order valence-corrected chi connectivity index (χ2v) is 11.2. The molecule has 3 aromatic carbocycles. The van der Waals surface area contributed by atoms with Crippen LogP contribution in [0.2, 0.25) is 0 Å². The summed E-state index contributed by atoms with van der Waals surface area (Å²) in [6.45, 7) is 2.17. The lowest BCUT2D eigenvalue weighted by molar-refractivity contribution is 0.481. The van der Waals surface area contributed by atoms with E-state index in [1.54, 1.807) is 12.1 Å². The predicted molar refractivity (Wildman–Crippen MR) is 129 cm³/mol. The van der Waals surface area contributed by atoms with Crippen LogP contribution in [0.25, 0.3) is 0 Å². The maximum atomic E-state index is 12.3. The van der Waals surface area contributed by atoms with Gasteiger partial charge in [-0.2, -0.15) is 8.42 Å². The summed E-state index contributed by atoms with van der Waals surface area (Å²) >= 11 is 0. The van der Waals surface area contributed by atoms with Gasteiger partial charge in [-0.25, -0.2) is 0 Å². The molecular formula is C26H31O3S2+. The Balaban J connectivity index is 1.68. The highest BCUT2D eigenvalue weighted by Gasteiger charge is 2.28. The molecule has 0 atom stereocenters. The minimum Gasteiger partial charge on any atom is -0.382 e. The van der Waals surface area contributed by atoms with Crippen molar-refractivity contribution in [2.24, 2.45) is 0 Å². The highest BCUT2D eigenvalue weighted by Crippen LogP contribution is 2.32. The molecule has 0 saturated carbocycles. The van der Waals surface area contributed by atoms with Crippen LogP contribution in [0, 0.1) is 0 Å². The predicted octanol–water partition coefficient (Wildman–Crippen LogP) is 6.85. The zero-order valence-electron chi connectivity index (χ0n) is 18.1. The standard InChI is InChI=1S/C26H31O3S2/c1-2-3-4-5-6-13-22-31(27,28)29-23-18-20-26(21-19-23)30(24-14-9-7-10-15-24)25-16-11-8-12-17-25/h7-12,14-21H,2-6,13,22H2,1H3/q+1. The van der Waals surface area contributed by atoms with Crippen LogP contribution in [0.1, 0.15) is 45.4 Å². The molecule has 0 spiro atoms. The quantitative estimate of drug-likeness (QED) is 0.170. The van der Waals surface area contributed by atoms with Gasteiger partial charge in [0.05, 0.1) is 16.6 Å². The molecule has 0 amide bonds. The van der Waals surface area contributed by atoms with Crippen molar-refractivity contribution in [1.82, 2.24) is 0 Å². The van der Waals surface area contributed by atoms with Crippen molar-refractivity contribution in [1.29, 1.82) is 0 Å². The fourth-order valence-corrected chi connectivity index (χ4v) is 6.53. The van der Waals surface area contributed by atoms with Gasteiger partial charge in [0, 0.05) is 0 Å². The lowest BCUT2D eigenvalue weighted by Crippen LogP contribution is -2.14. The summed E-state index contributed by atoms with van der Waals surface area (Å²) in [6, 6.07) is 28.2. The number of hydrogen-bond acceptors (Lipinski definition) is 3. The van der Waals surface area contributed by atoms with Crippen molar-refractivity contribution in [2.75, 3.05) is 5.75 Å². The molecule has 0 aliphatic carbocycles. The Morgan fingerprint density at radius 2 is 1.13 bits per heavy atom. The Labute approximate surface area is 190 Å². The van der Waals surface area contributed by atoms with E-state index in [-0.39, 0.29) is 16.6 Å². The molecule has 0 aromatic heterocycles. The third kappa shape index (κ3) is 7.44. The van der Waals surface area contributed by atoms with Crippen LogP contribution in [0.4, 0.5) is 0 Å². The minimum absolute atomic E-state index is 0.0687. The van der Waals surface area contributed by atoms with Crippen molar-refractivity contribution < 1.29 is 12.6 Å². The normalized spacial score (nSPS) is 11.5. The molecule has 3 nitrogen and oxygen atoms in total. The van der Waals surface area contributed by atoms with Gasteiger partial charge in [0.15, 0.2) is 14.7 Å². The van der Waals surface area contributed by atoms with E-state index in [4.69, 9.17) is 4.18 Å². The molecule has 164 valence electrons. The summed E-state index contributed by atoms with van der Waals surface area (Å²) in [4.78, 5) is 3.56. The first-order valence-corrected chi connectivity index (χ1v) is 13.8. The molecule has 0 bridgehead atoms. The summed E-state index contributed by atoms with van der Waals surface area (Å²) < 4.78 is 30.0. The minimum atomic E-state index is -3.56. The van der Waals surface area contributed by atoms with Crippen LogP contribution in [-0.2, 0) is 21.0 Å². The fraction of sp³-hybridized carbons (Fsp3) is 0.308. The zero-order valence-corrected chi connectivity index (χ0v) is 19.7. The van der Waals surface area contributed by atoms with Crippen LogP contribution >= 0.6 is 0 Å². The Morgan fingerprint density at radius 1 is 0.645 bits per heavy atom. The summed E-state index contributed by atoms with van der Waals surface area (Å²) in [6.07, 6.45) is 6.23. The Kier molecular flexibility index (Phi) is 9.04. The summed E-state index contributed by atoms with van der Waals surface area (Å²) in [5, 5.41) is 0. The molecule has 0 heterocycles. The largest absolute Gasteiger partial charge is 0.382 e. The third-order valence-corrected chi connectivity index (χ3v) is 8.45. The van der Waals surface area contributed by atoms with E-state index >= 15 is 0 Å². The van der Waals surface area contributed by atoms with Crippen LogP contribution in [-0.4, -0.2) is 14.2 Å². The molecule has 0 aliphatic rings. The van der Waals surface area contributed by atoms with Gasteiger partial charge in [0.1, 0.15) is 5.75 Å². The summed E-state index contributed by atoms with van der Waals surface area (Å²) in [5.41, 5.74) is 0. The van der Waals surface area contributed by atoms with Crippen molar-refractivity contribution in [3.8, 4) is 5.75 Å². The van der Waals surface area contributed by atoms with E-state index in [1.807, 2.05) is 48.5 Å². The smallest absolute Gasteiger partial charge is 0.309 e. The monoisotopic (exact) mass is 455 g/mol. The van der Waals surface area contributed by atoms with E-state index in [1.165, 1.54) is 29.1 Å². The van der Waals surface area contributed by atoms with Gasteiger partial charge < -0.3 is 4.18 Å². The van der Waals surface area contributed by atoms with E-state index in [9.17, 15) is 8.42 Å². The topological polar surface area (TPSA) is 43.4 Å². The Bertz CT molecular complexity index is 962. The van der Waals surface area contributed by atoms with E-state index in [2.05, 4.69) is 31.2 Å². The molecule has 0 unspecified atom stereocenters. The number of hydrogen-bond donors (Lipinski definition) is 0. The summed E-state index contributed by atoms with van der Waals surface area (Å²) in [5.74, 6) is 0.443. The number of unbranched alkanes of at least 4 members (excludes halogenated alkanes) is 5. The van der Waals surface area contributed by atoms with E-state index < -0.39 is 10.1 Å². The van der Waals surface area contributed by atoms with Crippen LogP contribution < -0.4 is 4.18 Å². The van der Waals surface area contributed by atoms with E-state index in [0.29, 0.717) is 12.2 Å². The van der Waals surface area contributed by atoms with Crippen molar-refractivity contribution in [3.05, 3.63) is 84.9 Å². The van der Waals surface area contributed by atoms with Gasteiger partial charge in [0.2, 0.25) is 0 Å². The first-order chi connectivity index (χ1) is 15.1. The first kappa shape index (κ1) is 23.4. The molecule has 3 rings (SSSR count). The van der Waals surface area contributed by atoms with Gasteiger partial charge in [-0.05, 0) is 55.0 Å². The molecule has 0 saturated heterocycles. The molecule has 5 heteroatoms. The lowest BCUT2D eigenvalue weighted by atomic mass is 10.1. The Morgan fingerprint density at radius 3 is 1.68 bits per heavy atom. The number of rotatable bonds is 12. The van der Waals surface area contributed by atoms with Crippen LogP contribution in [0.3, 0.4) is 0 Å². The van der Waals surface area contributed by atoms with Gasteiger partial charge in [-0.1, -0.05) is 75.4 Å².